The monoisotopic (exact) mass is 822 g/mol. The Balaban J connectivity index is 1.10. The van der Waals surface area contributed by atoms with Gasteiger partial charge in [0.05, 0.1) is 53.6 Å². The van der Waals surface area contributed by atoms with Crippen molar-refractivity contribution in [1.29, 1.82) is 0 Å². The van der Waals surface area contributed by atoms with Gasteiger partial charge in [0.15, 0.2) is 11.5 Å². The fourth-order valence-corrected chi connectivity index (χ4v) is 9.32. The number of nitrogens with one attached hydrogen (secondary N) is 1. The maximum absolute atomic E-state index is 15.4. The number of piperazine rings is 1. The summed E-state index contributed by atoms with van der Waals surface area (Å²) < 4.78 is 53.9. The van der Waals surface area contributed by atoms with Gasteiger partial charge >= 0.3 is 0 Å². The van der Waals surface area contributed by atoms with Gasteiger partial charge in [-0.05, 0) is 50.1 Å². The van der Waals surface area contributed by atoms with E-state index in [2.05, 4.69) is 15.4 Å². The highest BCUT2D eigenvalue weighted by molar-refractivity contribution is 5.95. The lowest BCUT2D eigenvalue weighted by Crippen LogP contribution is -2.72. The molecule has 0 saturated carbocycles. The number of benzene rings is 2. The van der Waals surface area contributed by atoms with E-state index in [4.69, 9.17) is 19.7 Å². The van der Waals surface area contributed by atoms with Crippen molar-refractivity contribution >= 4 is 51.5 Å². The Morgan fingerprint density at radius 3 is 2.55 bits per heavy atom. The van der Waals surface area contributed by atoms with Crippen molar-refractivity contribution in [1.82, 2.24) is 44.1 Å². The minimum Gasteiger partial charge on any atom is -0.395 e. The van der Waals surface area contributed by atoms with Crippen LogP contribution in [-0.4, -0.2) is 138 Å². The fourth-order valence-electron chi connectivity index (χ4n) is 9.32. The molecular weight excluding hydrogens is 782 g/mol. The lowest BCUT2D eigenvalue weighted by Gasteiger charge is -2.55. The van der Waals surface area contributed by atoms with Gasteiger partial charge in [0, 0.05) is 64.1 Å². The number of ether oxygens (including phenoxy) is 1. The van der Waals surface area contributed by atoms with Crippen LogP contribution in [0.4, 0.5) is 30.8 Å². The topological polar surface area (TPSA) is 163 Å². The molecule has 4 aromatic heterocycles. The van der Waals surface area contributed by atoms with E-state index >= 15 is 8.78 Å². The number of fused-ring (bicyclic) bond motifs is 8. The maximum atomic E-state index is 15.4. The van der Waals surface area contributed by atoms with Gasteiger partial charge in [0.1, 0.15) is 46.9 Å². The van der Waals surface area contributed by atoms with Gasteiger partial charge in [-0.15, -0.1) is 0 Å². The van der Waals surface area contributed by atoms with E-state index < -0.39 is 35.6 Å². The summed E-state index contributed by atoms with van der Waals surface area (Å²) in [6, 6.07) is 9.63. The molecule has 4 aliphatic rings. The second-order valence-corrected chi connectivity index (χ2v) is 15.9. The van der Waals surface area contributed by atoms with Crippen LogP contribution in [0, 0.1) is 24.4 Å². The number of anilines is 3. The zero-order chi connectivity index (χ0) is 41.6. The van der Waals surface area contributed by atoms with Crippen LogP contribution in [0.2, 0.25) is 0 Å². The molecule has 0 aliphatic carbocycles. The van der Waals surface area contributed by atoms with Crippen LogP contribution in [0.5, 0.6) is 0 Å². The number of carbonyl (C=O) groups excluding carboxylic acids is 2. The van der Waals surface area contributed by atoms with Gasteiger partial charge in [-0.25, -0.2) is 27.8 Å². The molecule has 5 atom stereocenters. The molecule has 3 fully saturated rings. The van der Waals surface area contributed by atoms with E-state index in [9.17, 15) is 19.1 Å². The third-order valence-corrected chi connectivity index (χ3v) is 12.2. The first-order valence-electron chi connectivity index (χ1n) is 19.8. The molecule has 10 rings (SSSR count). The van der Waals surface area contributed by atoms with Crippen molar-refractivity contribution in [2.75, 3.05) is 62.1 Å². The molecule has 4 aliphatic heterocycles. The molecule has 6 aromatic rings. The van der Waals surface area contributed by atoms with Crippen LogP contribution in [0.3, 0.4) is 0 Å². The predicted molar refractivity (Wildman–Crippen MR) is 214 cm³/mol. The highest BCUT2D eigenvalue weighted by atomic mass is 19.1. The molecule has 60 heavy (non-hydrogen) atoms. The molecule has 0 radical (unpaired) electrons. The van der Waals surface area contributed by atoms with Crippen LogP contribution in [0.25, 0.3) is 39.0 Å². The van der Waals surface area contributed by atoms with Crippen molar-refractivity contribution in [3.8, 4) is 16.9 Å². The summed E-state index contributed by atoms with van der Waals surface area (Å²) in [7, 11) is 3.30. The van der Waals surface area contributed by atoms with E-state index in [1.807, 2.05) is 39.5 Å². The number of aliphatic hydroxyl groups is 1. The second kappa shape index (κ2) is 14.4. The molecule has 2 amide bonds. The summed E-state index contributed by atoms with van der Waals surface area (Å²) in [5, 5.41) is 18.0. The number of pyridine rings is 1. The summed E-state index contributed by atoms with van der Waals surface area (Å²) in [4.78, 5) is 54.9. The fraction of sp³-hybridized carbons (Fsp3) is 0.390. The minimum atomic E-state index is -0.856. The van der Waals surface area contributed by atoms with E-state index in [1.165, 1.54) is 29.1 Å². The normalized spacial score (nSPS) is 22.9. The number of likely N-dealkylation sites (tertiary alicyclic amines) is 1. The van der Waals surface area contributed by atoms with Crippen molar-refractivity contribution in [2.24, 2.45) is 0 Å². The van der Waals surface area contributed by atoms with E-state index in [0.717, 1.165) is 12.1 Å². The highest BCUT2D eigenvalue weighted by Crippen LogP contribution is 2.41. The van der Waals surface area contributed by atoms with E-state index in [0.29, 0.717) is 71.1 Å². The second-order valence-electron chi connectivity index (χ2n) is 15.9. The Kier molecular flexibility index (Phi) is 9.12. The average Bonchev–Trinajstić information content (AvgIpc) is 3.92. The number of methoxy groups -OCH3 is 1. The molecule has 8 heterocycles. The number of likely N-dealkylation sites (N-methyl/N-ethyl adjacent to an activating group) is 1. The average molecular weight is 823 g/mol. The number of nitrogens with zero attached hydrogens (tertiary/aromatic N) is 11. The van der Waals surface area contributed by atoms with Gasteiger partial charge in [0.2, 0.25) is 17.8 Å². The standard InChI is InChI=1S/C41H41F3N12O4/c1-21-46-31-13-23(43)11-27-30-5-4-6-35(48-30)47-24-14-33(39(58)51(2)19-26(60-3)20-53(21)36(27)31)54(17-24)37-28-16-45-56(32-8-7-22(42)12-29(32)44)38(28)50-41(49-37)55-25-15-34(55)40(59)52(18-25)9-10-57/h4-8,11-13,16,24-26,33-34,57H,9-10,14-15,17-20H2,1-3H3,(H,47,48)/t24-,25+,26-,33-,34?/m0/s1. The van der Waals surface area contributed by atoms with Gasteiger partial charge in [-0.1, -0.05) is 6.07 Å². The number of aryl methyl sites for hydroxylation is 1. The SMILES string of the molecule is CO[C@H]1CN(C)C(=O)[C@@H]2C[C@@H](CN2c2nc(N3C4C[C@@H]3CN(CCO)C4=O)nc3c2cnn3-c2ccc(F)cc2F)Nc2cccc(n2)-c2cc(F)cc3nc(C)n(c23)C1. The number of aliphatic hydroxyl groups excluding tert-OH is 1. The van der Waals surface area contributed by atoms with Crippen molar-refractivity contribution in [3.05, 3.63) is 78.0 Å². The van der Waals surface area contributed by atoms with E-state index in [-0.39, 0.29) is 67.4 Å². The number of hydrogen-bond donors (Lipinski definition) is 2. The zero-order valence-electron chi connectivity index (χ0n) is 33.0. The van der Waals surface area contributed by atoms with Crippen LogP contribution < -0.4 is 15.1 Å². The number of β-amino-alcohol motifs (C(OH)–C–C–N with tert-alkyl or cyclic N) is 1. The smallest absolute Gasteiger partial charge is 0.245 e. The number of halogens is 3. The summed E-state index contributed by atoms with van der Waals surface area (Å²) >= 11 is 0. The van der Waals surface area contributed by atoms with Crippen LogP contribution >= 0.6 is 0 Å². The quantitative estimate of drug-likeness (QED) is 0.253. The first-order valence-corrected chi connectivity index (χ1v) is 19.8. The van der Waals surface area contributed by atoms with Crippen molar-refractivity contribution < 1.29 is 32.6 Å². The first kappa shape index (κ1) is 37.9. The Morgan fingerprint density at radius 1 is 0.917 bits per heavy atom. The number of aromatic nitrogens is 7. The van der Waals surface area contributed by atoms with Gasteiger partial charge in [-0.3, -0.25) is 9.59 Å². The zero-order valence-corrected chi connectivity index (χ0v) is 33.0. The Morgan fingerprint density at radius 2 is 1.77 bits per heavy atom. The number of hydrogen-bond acceptors (Lipinski definition) is 12. The van der Waals surface area contributed by atoms with Crippen LogP contribution in [-0.2, 0) is 20.9 Å². The Hall–Kier alpha value is -6.34. The summed E-state index contributed by atoms with van der Waals surface area (Å²) in [6.07, 6.45) is 1.90. The molecule has 1 unspecified atom stereocenters. The molecule has 3 saturated heterocycles. The molecule has 310 valence electrons. The van der Waals surface area contributed by atoms with Gasteiger partial charge < -0.3 is 39.3 Å². The Labute approximate surface area is 341 Å². The largest absolute Gasteiger partial charge is 0.395 e. The van der Waals surface area contributed by atoms with Crippen LogP contribution in [0.1, 0.15) is 18.7 Å². The molecule has 19 heteroatoms. The molecule has 2 N–H and O–H groups in total. The lowest BCUT2D eigenvalue weighted by atomic mass is 9.87. The molecule has 16 nitrogen and oxygen atoms in total. The third kappa shape index (κ3) is 6.16. The van der Waals surface area contributed by atoms with Crippen molar-refractivity contribution in [2.45, 2.75) is 56.6 Å². The third-order valence-electron chi connectivity index (χ3n) is 12.2. The molecule has 6 bridgehead atoms. The number of imidazole rings is 1. The number of rotatable bonds is 6. The Bertz CT molecular complexity index is 2710. The minimum absolute atomic E-state index is 0.0470. The maximum Gasteiger partial charge on any atom is 0.245 e. The van der Waals surface area contributed by atoms with Gasteiger partial charge in [-0.2, -0.15) is 15.1 Å². The predicted octanol–water partition coefficient (Wildman–Crippen LogP) is 3.28. The summed E-state index contributed by atoms with van der Waals surface area (Å²) in [6.45, 7) is 3.01. The number of piperidine rings is 1. The number of amides is 2. The summed E-state index contributed by atoms with van der Waals surface area (Å²) in [5.41, 5.74) is 2.43. The van der Waals surface area contributed by atoms with E-state index in [1.54, 1.807) is 24.0 Å². The lowest BCUT2D eigenvalue weighted by molar-refractivity contribution is -0.140. The first-order chi connectivity index (χ1) is 29.0. The molecule has 2 aromatic carbocycles. The number of carbonyl (C=O) groups is 2. The highest BCUT2D eigenvalue weighted by Gasteiger charge is 2.52. The van der Waals surface area contributed by atoms with Crippen LogP contribution in [0.15, 0.2) is 54.7 Å². The van der Waals surface area contributed by atoms with Crippen molar-refractivity contribution in [3.63, 3.8) is 0 Å². The summed E-state index contributed by atoms with van der Waals surface area (Å²) in [5.74, 6) is -0.738. The molecule has 0 spiro atoms. The molecular formula is C41H41F3N12O4. The van der Waals surface area contributed by atoms with Gasteiger partial charge in [0.25, 0.3) is 0 Å².